The summed E-state index contributed by atoms with van der Waals surface area (Å²) < 4.78 is 5.80. The van der Waals surface area contributed by atoms with E-state index in [9.17, 15) is 9.59 Å². The van der Waals surface area contributed by atoms with Crippen LogP contribution in [0.2, 0.25) is 0 Å². The molecule has 3 nitrogen and oxygen atoms in total. The largest absolute Gasteiger partial charge is 0.455 e. The van der Waals surface area contributed by atoms with Crippen molar-refractivity contribution in [1.29, 1.82) is 0 Å². The molecule has 22 heavy (non-hydrogen) atoms. The molecule has 0 N–H and O–H groups in total. The fourth-order valence-corrected chi connectivity index (χ4v) is 3.61. The quantitative estimate of drug-likeness (QED) is 0.447. The Morgan fingerprint density at radius 3 is 2.55 bits per heavy atom. The summed E-state index contributed by atoms with van der Waals surface area (Å²) in [5, 5.41) is 0. The van der Waals surface area contributed by atoms with E-state index in [0.29, 0.717) is 0 Å². The number of esters is 1. The molecule has 1 aromatic rings. The standard InChI is InChI=1S/C19H22O3/c1-18(2)16(20)19(12-8-3-4-9-13-19)15(22-17(18)21)14-10-6-5-7-11-14/h5-8,10-12,15H,3-4,9,13H2,1-2H3. The first-order valence-corrected chi connectivity index (χ1v) is 7.97. The predicted octanol–water partition coefficient (Wildman–Crippen LogP) is 4.00. The van der Waals surface area contributed by atoms with Crippen molar-refractivity contribution in [2.24, 2.45) is 10.8 Å². The van der Waals surface area contributed by atoms with Gasteiger partial charge in [-0.2, -0.15) is 0 Å². The molecular formula is C19H22O3. The lowest BCUT2D eigenvalue weighted by Gasteiger charge is -2.45. The number of allylic oxidation sites excluding steroid dienone is 1. The van der Waals surface area contributed by atoms with E-state index in [2.05, 4.69) is 6.08 Å². The monoisotopic (exact) mass is 298 g/mol. The van der Waals surface area contributed by atoms with E-state index < -0.39 is 22.9 Å². The van der Waals surface area contributed by atoms with Crippen molar-refractivity contribution in [2.75, 3.05) is 0 Å². The van der Waals surface area contributed by atoms with Gasteiger partial charge >= 0.3 is 5.97 Å². The molecule has 1 aliphatic heterocycles. The van der Waals surface area contributed by atoms with Gasteiger partial charge in [0.1, 0.15) is 11.5 Å². The van der Waals surface area contributed by atoms with Gasteiger partial charge in [-0.3, -0.25) is 9.59 Å². The molecule has 1 aromatic carbocycles. The number of ketones is 1. The summed E-state index contributed by atoms with van der Waals surface area (Å²) in [5.41, 5.74) is -0.916. The number of rotatable bonds is 1. The second-order valence-corrected chi connectivity index (χ2v) is 6.84. The van der Waals surface area contributed by atoms with E-state index in [1.54, 1.807) is 13.8 Å². The SMILES string of the molecule is CC1(C)C(=O)OC(c2ccccc2)C2(C=CCCCC2)C1=O. The molecule has 2 unspecified atom stereocenters. The van der Waals surface area contributed by atoms with Crippen molar-refractivity contribution >= 4 is 11.8 Å². The zero-order valence-corrected chi connectivity index (χ0v) is 13.2. The molecule has 3 rings (SSSR count). The van der Waals surface area contributed by atoms with E-state index in [1.165, 1.54) is 0 Å². The number of ether oxygens (including phenoxy) is 1. The second kappa shape index (κ2) is 5.38. The minimum atomic E-state index is -1.08. The van der Waals surface area contributed by atoms with Crippen LogP contribution in [0.1, 0.15) is 51.2 Å². The maximum absolute atomic E-state index is 13.2. The van der Waals surface area contributed by atoms with E-state index in [0.717, 1.165) is 31.2 Å². The van der Waals surface area contributed by atoms with Crippen LogP contribution >= 0.6 is 0 Å². The highest BCUT2D eigenvalue weighted by Crippen LogP contribution is 2.52. The summed E-state index contributed by atoms with van der Waals surface area (Å²) in [7, 11) is 0. The number of hydrogen-bond donors (Lipinski definition) is 0. The Morgan fingerprint density at radius 1 is 1.09 bits per heavy atom. The molecule has 1 aliphatic carbocycles. The highest BCUT2D eigenvalue weighted by atomic mass is 16.5. The molecule has 1 saturated heterocycles. The molecular weight excluding hydrogens is 276 g/mol. The van der Waals surface area contributed by atoms with Crippen LogP contribution in [0.3, 0.4) is 0 Å². The Labute approximate surface area is 131 Å². The van der Waals surface area contributed by atoms with Gasteiger partial charge in [0.15, 0.2) is 5.78 Å². The number of cyclic esters (lactones) is 1. The Hall–Kier alpha value is -1.90. The molecule has 1 spiro atoms. The van der Waals surface area contributed by atoms with Crippen LogP contribution in [0.25, 0.3) is 0 Å². The third kappa shape index (κ3) is 2.20. The van der Waals surface area contributed by atoms with Crippen molar-refractivity contribution in [3.8, 4) is 0 Å². The Bertz CT molecular complexity index is 615. The molecule has 0 aromatic heterocycles. The average Bonchev–Trinajstić information content (AvgIpc) is 2.77. The van der Waals surface area contributed by atoms with Crippen molar-refractivity contribution < 1.29 is 14.3 Å². The fraction of sp³-hybridized carbons (Fsp3) is 0.474. The summed E-state index contributed by atoms with van der Waals surface area (Å²) >= 11 is 0. The first kappa shape index (κ1) is 15.0. The fourth-order valence-electron chi connectivity index (χ4n) is 3.61. The maximum atomic E-state index is 13.2. The molecule has 2 aliphatic rings. The minimum absolute atomic E-state index is 0.0109. The van der Waals surface area contributed by atoms with Crippen LogP contribution in [0.4, 0.5) is 0 Å². The van der Waals surface area contributed by atoms with Gasteiger partial charge in [0.25, 0.3) is 0 Å². The molecule has 0 amide bonds. The average molecular weight is 298 g/mol. The van der Waals surface area contributed by atoms with Gasteiger partial charge in [0.2, 0.25) is 0 Å². The normalized spacial score (nSPS) is 30.9. The summed E-state index contributed by atoms with van der Waals surface area (Å²) in [6.07, 6.45) is 7.32. The lowest BCUT2D eigenvalue weighted by atomic mass is 9.63. The lowest BCUT2D eigenvalue weighted by Crippen LogP contribution is -2.54. The van der Waals surface area contributed by atoms with Crippen LogP contribution in [0, 0.1) is 10.8 Å². The van der Waals surface area contributed by atoms with Crippen LogP contribution in [0.5, 0.6) is 0 Å². The highest BCUT2D eigenvalue weighted by molar-refractivity contribution is 6.08. The number of benzene rings is 1. The number of carbonyl (C=O) groups excluding carboxylic acids is 2. The van der Waals surface area contributed by atoms with Crippen LogP contribution in [-0.2, 0) is 14.3 Å². The molecule has 3 heteroatoms. The Kier molecular flexibility index (Phi) is 3.67. The van der Waals surface area contributed by atoms with Crippen molar-refractivity contribution in [3.05, 3.63) is 48.0 Å². The van der Waals surface area contributed by atoms with Crippen LogP contribution < -0.4 is 0 Å². The topological polar surface area (TPSA) is 43.4 Å². The van der Waals surface area contributed by atoms with Gasteiger partial charge in [-0.15, -0.1) is 0 Å². The van der Waals surface area contributed by atoms with Crippen molar-refractivity contribution in [1.82, 2.24) is 0 Å². The maximum Gasteiger partial charge on any atom is 0.319 e. The molecule has 1 fully saturated rings. The second-order valence-electron chi connectivity index (χ2n) is 6.84. The van der Waals surface area contributed by atoms with Gasteiger partial charge in [0, 0.05) is 0 Å². The van der Waals surface area contributed by atoms with E-state index >= 15 is 0 Å². The number of hydrogen-bond acceptors (Lipinski definition) is 3. The summed E-state index contributed by atoms with van der Waals surface area (Å²) in [6.45, 7) is 3.36. The first-order valence-electron chi connectivity index (χ1n) is 7.97. The Balaban J connectivity index is 2.14. The van der Waals surface area contributed by atoms with Crippen LogP contribution in [-0.4, -0.2) is 11.8 Å². The van der Waals surface area contributed by atoms with Gasteiger partial charge < -0.3 is 4.74 Å². The van der Waals surface area contributed by atoms with E-state index in [1.807, 2.05) is 36.4 Å². The van der Waals surface area contributed by atoms with E-state index in [4.69, 9.17) is 4.74 Å². The number of carbonyl (C=O) groups is 2. The zero-order chi connectivity index (χ0) is 15.8. The summed E-state index contributed by atoms with van der Waals surface area (Å²) in [5.74, 6) is -0.433. The summed E-state index contributed by atoms with van der Waals surface area (Å²) in [4.78, 5) is 25.6. The smallest absolute Gasteiger partial charge is 0.319 e. The molecule has 1 heterocycles. The highest BCUT2D eigenvalue weighted by Gasteiger charge is 2.58. The minimum Gasteiger partial charge on any atom is -0.455 e. The van der Waals surface area contributed by atoms with Gasteiger partial charge in [-0.25, -0.2) is 0 Å². The van der Waals surface area contributed by atoms with Crippen molar-refractivity contribution in [2.45, 2.75) is 45.6 Å². The molecule has 0 bridgehead atoms. The first-order chi connectivity index (χ1) is 10.5. The zero-order valence-electron chi connectivity index (χ0n) is 13.2. The summed E-state index contributed by atoms with van der Waals surface area (Å²) in [6, 6.07) is 9.63. The van der Waals surface area contributed by atoms with Gasteiger partial charge in [-0.05, 0) is 38.7 Å². The Morgan fingerprint density at radius 2 is 1.82 bits per heavy atom. The van der Waals surface area contributed by atoms with Crippen molar-refractivity contribution in [3.63, 3.8) is 0 Å². The molecule has 116 valence electrons. The lowest BCUT2D eigenvalue weighted by molar-refractivity contribution is -0.185. The third-order valence-corrected chi connectivity index (χ3v) is 4.92. The van der Waals surface area contributed by atoms with Crippen LogP contribution in [0.15, 0.2) is 42.5 Å². The molecule has 2 atom stereocenters. The third-order valence-electron chi connectivity index (χ3n) is 4.92. The predicted molar refractivity (Wildman–Crippen MR) is 84.1 cm³/mol. The van der Waals surface area contributed by atoms with Gasteiger partial charge in [-0.1, -0.05) is 48.9 Å². The molecule has 0 saturated carbocycles. The van der Waals surface area contributed by atoms with Gasteiger partial charge in [0.05, 0.1) is 5.41 Å². The molecule has 0 radical (unpaired) electrons. The van der Waals surface area contributed by atoms with E-state index in [-0.39, 0.29) is 5.78 Å². The number of Topliss-reactive ketones (excluding diaryl/α,β-unsaturated/α-hetero) is 1.